The van der Waals surface area contributed by atoms with Gasteiger partial charge >= 0.3 is 0 Å². The highest BCUT2D eigenvalue weighted by Crippen LogP contribution is 2.26. The molecule has 20 heavy (non-hydrogen) atoms. The van der Waals surface area contributed by atoms with E-state index in [4.69, 9.17) is 18.0 Å². The average molecular weight is 290 g/mol. The number of benzene rings is 1. The highest BCUT2D eigenvalue weighted by molar-refractivity contribution is 7.80. The molecule has 3 nitrogen and oxygen atoms in total. The molecule has 1 amide bonds. The fraction of sp³-hybridized carbons (Fsp3) is 0.500. The second kappa shape index (κ2) is 7.39. The van der Waals surface area contributed by atoms with Crippen molar-refractivity contribution in [3.63, 3.8) is 0 Å². The lowest BCUT2D eigenvalue weighted by atomic mass is 9.83. The van der Waals surface area contributed by atoms with Crippen molar-refractivity contribution < 1.29 is 4.79 Å². The molecule has 1 atom stereocenters. The van der Waals surface area contributed by atoms with Gasteiger partial charge in [0.2, 0.25) is 5.91 Å². The Balaban J connectivity index is 1.93. The number of thiocarbonyl (C=S) groups is 1. The van der Waals surface area contributed by atoms with E-state index in [9.17, 15) is 4.79 Å². The normalized spacial score (nSPS) is 17.4. The first-order valence-electron chi connectivity index (χ1n) is 7.29. The lowest BCUT2D eigenvalue weighted by Gasteiger charge is -2.30. The molecule has 1 aromatic carbocycles. The largest absolute Gasteiger partial charge is 0.392 e. The summed E-state index contributed by atoms with van der Waals surface area (Å²) < 4.78 is 0. The van der Waals surface area contributed by atoms with Crippen LogP contribution in [0.5, 0.6) is 0 Å². The second-order valence-electron chi connectivity index (χ2n) is 5.51. The van der Waals surface area contributed by atoms with Crippen LogP contribution in [0.1, 0.15) is 37.7 Å². The minimum absolute atomic E-state index is 0.000395. The molecule has 0 radical (unpaired) electrons. The molecule has 1 aliphatic rings. The van der Waals surface area contributed by atoms with Gasteiger partial charge < -0.3 is 11.1 Å². The van der Waals surface area contributed by atoms with Crippen LogP contribution in [0, 0.1) is 5.92 Å². The number of hydrogen-bond donors (Lipinski definition) is 2. The van der Waals surface area contributed by atoms with E-state index in [1.807, 2.05) is 30.3 Å². The first-order valence-corrected chi connectivity index (χ1v) is 7.70. The van der Waals surface area contributed by atoms with Crippen molar-refractivity contribution in [2.24, 2.45) is 11.7 Å². The predicted molar refractivity (Wildman–Crippen MR) is 85.4 cm³/mol. The summed E-state index contributed by atoms with van der Waals surface area (Å²) in [6.07, 6.45) is 6.28. The van der Waals surface area contributed by atoms with Gasteiger partial charge in [0.25, 0.3) is 0 Å². The van der Waals surface area contributed by atoms with Crippen molar-refractivity contribution in [2.75, 3.05) is 0 Å². The molecule has 0 bridgehead atoms. The first-order chi connectivity index (χ1) is 9.66. The first kappa shape index (κ1) is 15.0. The fourth-order valence-electron chi connectivity index (χ4n) is 2.89. The Hall–Kier alpha value is -1.42. The molecule has 0 saturated heterocycles. The molecule has 1 aromatic rings. The van der Waals surface area contributed by atoms with Crippen LogP contribution in [0.3, 0.4) is 0 Å². The molecule has 108 valence electrons. The van der Waals surface area contributed by atoms with Gasteiger partial charge in [0, 0.05) is 0 Å². The van der Waals surface area contributed by atoms with Gasteiger partial charge in [0.1, 0.15) is 0 Å². The van der Waals surface area contributed by atoms with Crippen molar-refractivity contribution in [3.8, 4) is 0 Å². The van der Waals surface area contributed by atoms with Gasteiger partial charge in [-0.15, -0.1) is 0 Å². The summed E-state index contributed by atoms with van der Waals surface area (Å²) in [5, 5.41) is 3.03. The summed E-state index contributed by atoms with van der Waals surface area (Å²) in [6, 6.07) is 9.58. The number of amides is 1. The van der Waals surface area contributed by atoms with Gasteiger partial charge in [-0.3, -0.25) is 4.79 Å². The highest BCUT2D eigenvalue weighted by atomic mass is 32.1. The number of carbonyl (C=O) groups is 1. The fourth-order valence-corrected chi connectivity index (χ4v) is 3.15. The van der Waals surface area contributed by atoms with Crippen LogP contribution in [-0.2, 0) is 11.2 Å². The topological polar surface area (TPSA) is 55.1 Å². The van der Waals surface area contributed by atoms with Crippen LogP contribution in [0.2, 0.25) is 0 Å². The van der Waals surface area contributed by atoms with Gasteiger partial charge in [-0.2, -0.15) is 0 Å². The lowest BCUT2D eigenvalue weighted by molar-refractivity contribution is -0.121. The Morgan fingerprint density at radius 1 is 1.25 bits per heavy atom. The van der Waals surface area contributed by atoms with E-state index in [-0.39, 0.29) is 11.9 Å². The quantitative estimate of drug-likeness (QED) is 0.820. The maximum Gasteiger partial charge on any atom is 0.224 e. The zero-order valence-electron chi connectivity index (χ0n) is 11.7. The highest BCUT2D eigenvalue weighted by Gasteiger charge is 2.27. The number of carbonyl (C=O) groups excluding carboxylic acids is 1. The summed E-state index contributed by atoms with van der Waals surface area (Å²) in [6.45, 7) is 0. The van der Waals surface area contributed by atoms with Crippen molar-refractivity contribution in [1.82, 2.24) is 5.32 Å². The van der Waals surface area contributed by atoms with Gasteiger partial charge in [-0.05, 0) is 24.3 Å². The minimum Gasteiger partial charge on any atom is -0.392 e. The summed E-state index contributed by atoms with van der Waals surface area (Å²) in [4.78, 5) is 12.6. The maximum absolute atomic E-state index is 12.1. The second-order valence-corrected chi connectivity index (χ2v) is 5.98. The SMILES string of the molecule is NC(=S)C(NC(=O)Cc1ccccc1)C1CCCCC1. The Labute approximate surface area is 125 Å². The number of hydrogen-bond acceptors (Lipinski definition) is 2. The molecular formula is C16H22N2OS. The smallest absolute Gasteiger partial charge is 0.224 e. The molecule has 1 fully saturated rings. The molecule has 1 aliphatic carbocycles. The third-order valence-corrected chi connectivity index (χ3v) is 4.21. The molecular weight excluding hydrogens is 268 g/mol. The predicted octanol–water partition coefficient (Wildman–Crippen LogP) is 2.58. The van der Waals surface area contributed by atoms with E-state index in [1.165, 1.54) is 19.3 Å². The molecule has 1 unspecified atom stereocenters. The van der Waals surface area contributed by atoms with E-state index in [2.05, 4.69) is 5.32 Å². The summed E-state index contributed by atoms with van der Waals surface area (Å²) in [5.74, 6) is 0.403. The molecule has 3 N–H and O–H groups in total. The maximum atomic E-state index is 12.1. The summed E-state index contributed by atoms with van der Waals surface area (Å²) in [7, 11) is 0. The standard InChI is InChI=1S/C16H22N2OS/c17-16(20)15(13-9-5-2-6-10-13)18-14(19)11-12-7-3-1-4-8-12/h1,3-4,7-8,13,15H,2,5-6,9-11H2,(H2,17,20)(H,18,19). The van der Waals surface area contributed by atoms with Crippen LogP contribution in [-0.4, -0.2) is 16.9 Å². The third kappa shape index (κ3) is 4.30. The summed E-state index contributed by atoms with van der Waals surface area (Å²) in [5.41, 5.74) is 6.84. The van der Waals surface area contributed by atoms with Crippen LogP contribution < -0.4 is 11.1 Å². The van der Waals surface area contributed by atoms with Gasteiger partial charge in [-0.1, -0.05) is 61.8 Å². The lowest BCUT2D eigenvalue weighted by Crippen LogP contribution is -2.49. The van der Waals surface area contributed by atoms with Crippen molar-refractivity contribution in [2.45, 2.75) is 44.6 Å². The molecule has 0 heterocycles. The van der Waals surface area contributed by atoms with Gasteiger partial charge in [-0.25, -0.2) is 0 Å². The Kier molecular flexibility index (Phi) is 5.53. The van der Waals surface area contributed by atoms with E-state index in [0.717, 1.165) is 18.4 Å². The third-order valence-electron chi connectivity index (χ3n) is 3.95. The molecule has 1 saturated carbocycles. The van der Waals surface area contributed by atoms with Crippen molar-refractivity contribution in [1.29, 1.82) is 0 Å². The minimum atomic E-state index is -0.151. The van der Waals surface area contributed by atoms with E-state index in [1.54, 1.807) is 0 Å². The Bertz CT molecular complexity index is 455. The number of nitrogens with one attached hydrogen (secondary N) is 1. The zero-order chi connectivity index (χ0) is 14.4. The van der Waals surface area contributed by atoms with Gasteiger partial charge in [0.15, 0.2) is 0 Å². The number of rotatable bonds is 5. The van der Waals surface area contributed by atoms with Crippen molar-refractivity contribution >= 4 is 23.1 Å². The van der Waals surface area contributed by atoms with E-state index in [0.29, 0.717) is 17.3 Å². The Morgan fingerprint density at radius 2 is 1.90 bits per heavy atom. The number of nitrogens with two attached hydrogens (primary N) is 1. The van der Waals surface area contributed by atoms with Gasteiger partial charge in [0.05, 0.1) is 17.5 Å². The van der Waals surface area contributed by atoms with Crippen molar-refractivity contribution in [3.05, 3.63) is 35.9 Å². The van der Waals surface area contributed by atoms with Crippen LogP contribution in [0.4, 0.5) is 0 Å². The zero-order valence-corrected chi connectivity index (χ0v) is 12.5. The molecule has 0 aromatic heterocycles. The van der Waals surface area contributed by atoms with Crippen LogP contribution >= 0.6 is 12.2 Å². The van der Waals surface area contributed by atoms with E-state index >= 15 is 0 Å². The molecule has 2 rings (SSSR count). The van der Waals surface area contributed by atoms with E-state index < -0.39 is 0 Å². The van der Waals surface area contributed by atoms with Crippen LogP contribution in [0.25, 0.3) is 0 Å². The monoisotopic (exact) mass is 290 g/mol. The molecule has 0 spiro atoms. The average Bonchev–Trinajstić information content (AvgIpc) is 2.46. The van der Waals surface area contributed by atoms with Crippen LogP contribution in [0.15, 0.2) is 30.3 Å². The Morgan fingerprint density at radius 3 is 2.50 bits per heavy atom. The molecule has 4 heteroatoms. The molecule has 0 aliphatic heterocycles. The summed E-state index contributed by atoms with van der Waals surface area (Å²) >= 11 is 5.14.